The molecule has 2 N–H and O–H groups in total. The molecule has 0 heterocycles. The van der Waals surface area contributed by atoms with Gasteiger partial charge in [0.25, 0.3) is 5.91 Å². The molecule has 0 aliphatic rings. The van der Waals surface area contributed by atoms with Crippen molar-refractivity contribution in [2.45, 2.75) is 13.5 Å². The van der Waals surface area contributed by atoms with Crippen molar-refractivity contribution in [2.24, 2.45) is 5.10 Å². The third-order valence-corrected chi connectivity index (χ3v) is 5.64. The SMILES string of the molecule is CCOc1cc(/C=N/NC(=O)c2ccccc2O)cc(I)c1OCc1ccc(Cl)cc1Cl. The molecular formula is C23H19Cl2IN2O4. The van der Waals surface area contributed by atoms with Crippen LogP contribution >= 0.6 is 45.8 Å². The lowest BCUT2D eigenvalue weighted by atomic mass is 10.2. The minimum Gasteiger partial charge on any atom is -0.507 e. The van der Waals surface area contributed by atoms with Gasteiger partial charge in [-0.2, -0.15) is 5.10 Å². The van der Waals surface area contributed by atoms with E-state index in [9.17, 15) is 9.90 Å². The molecule has 0 aliphatic carbocycles. The van der Waals surface area contributed by atoms with E-state index in [2.05, 4.69) is 33.1 Å². The summed E-state index contributed by atoms with van der Waals surface area (Å²) in [6, 6.07) is 15.1. The van der Waals surface area contributed by atoms with E-state index in [0.717, 1.165) is 9.13 Å². The Morgan fingerprint density at radius 1 is 1.16 bits per heavy atom. The topological polar surface area (TPSA) is 80.2 Å². The van der Waals surface area contributed by atoms with Gasteiger partial charge in [0.15, 0.2) is 11.5 Å². The molecule has 32 heavy (non-hydrogen) atoms. The second kappa shape index (κ2) is 11.4. The van der Waals surface area contributed by atoms with Gasteiger partial charge in [-0.05, 0) is 71.5 Å². The summed E-state index contributed by atoms with van der Waals surface area (Å²) in [5, 5.41) is 14.8. The van der Waals surface area contributed by atoms with Crippen LogP contribution in [-0.2, 0) is 6.61 Å². The highest BCUT2D eigenvalue weighted by molar-refractivity contribution is 14.1. The summed E-state index contributed by atoms with van der Waals surface area (Å²) in [6.45, 7) is 2.56. The van der Waals surface area contributed by atoms with Crippen molar-refractivity contribution in [3.05, 3.63) is 84.9 Å². The van der Waals surface area contributed by atoms with E-state index in [1.165, 1.54) is 18.3 Å². The van der Waals surface area contributed by atoms with Crippen molar-refractivity contribution in [2.75, 3.05) is 6.61 Å². The van der Waals surface area contributed by atoms with Crippen LogP contribution in [-0.4, -0.2) is 23.8 Å². The number of aromatic hydroxyl groups is 1. The summed E-state index contributed by atoms with van der Waals surface area (Å²) in [6.07, 6.45) is 1.49. The van der Waals surface area contributed by atoms with Gasteiger partial charge in [-0.3, -0.25) is 4.79 Å². The molecule has 0 aromatic heterocycles. The molecule has 9 heteroatoms. The van der Waals surface area contributed by atoms with Crippen LogP contribution in [0, 0.1) is 3.57 Å². The van der Waals surface area contributed by atoms with Gasteiger partial charge >= 0.3 is 0 Å². The van der Waals surface area contributed by atoms with Crippen molar-refractivity contribution < 1.29 is 19.4 Å². The molecule has 3 aromatic carbocycles. The molecule has 0 fully saturated rings. The molecule has 0 saturated heterocycles. The van der Waals surface area contributed by atoms with Crippen molar-refractivity contribution >= 4 is 57.9 Å². The Balaban J connectivity index is 1.75. The van der Waals surface area contributed by atoms with Crippen LogP contribution in [0.2, 0.25) is 10.0 Å². The zero-order valence-electron chi connectivity index (χ0n) is 16.9. The number of rotatable bonds is 8. The lowest BCUT2D eigenvalue weighted by Gasteiger charge is -2.15. The Labute approximate surface area is 209 Å². The third-order valence-electron chi connectivity index (χ3n) is 4.25. The predicted molar refractivity (Wildman–Crippen MR) is 134 cm³/mol. The van der Waals surface area contributed by atoms with E-state index in [0.29, 0.717) is 33.7 Å². The molecule has 0 atom stereocenters. The Hall–Kier alpha value is -2.49. The minimum atomic E-state index is -0.515. The van der Waals surface area contributed by atoms with Crippen LogP contribution in [0.1, 0.15) is 28.4 Å². The number of amides is 1. The summed E-state index contributed by atoms with van der Waals surface area (Å²) in [5.41, 5.74) is 4.04. The highest BCUT2D eigenvalue weighted by atomic mass is 127. The molecule has 0 aliphatic heterocycles. The largest absolute Gasteiger partial charge is 0.507 e. The van der Waals surface area contributed by atoms with Gasteiger partial charge in [-0.15, -0.1) is 0 Å². The highest BCUT2D eigenvalue weighted by Crippen LogP contribution is 2.35. The predicted octanol–water partition coefficient (Wildman–Crippen LogP) is 6.05. The molecular weight excluding hydrogens is 566 g/mol. The Morgan fingerprint density at radius 3 is 2.66 bits per heavy atom. The standard InChI is InChI=1S/C23H19Cl2IN2O4/c1-2-31-21-10-14(12-27-28-23(30)17-5-3-4-6-20(17)29)9-19(26)22(21)32-13-15-7-8-16(24)11-18(15)25/h3-12,29H,2,13H2,1H3,(H,28,30)/b27-12+. The van der Waals surface area contributed by atoms with Gasteiger partial charge in [-0.25, -0.2) is 5.43 Å². The maximum Gasteiger partial charge on any atom is 0.275 e. The van der Waals surface area contributed by atoms with E-state index < -0.39 is 5.91 Å². The maximum absolute atomic E-state index is 12.2. The molecule has 6 nitrogen and oxygen atoms in total. The smallest absolute Gasteiger partial charge is 0.275 e. The first-order chi connectivity index (χ1) is 15.4. The fourth-order valence-electron chi connectivity index (χ4n) is 2.75. The van der Waals surface area contributed by atoms with Crippen LogP contribution in [0.25, 0.3) is 0 Å². The summed E-state index contributed by atoms with van der Waals surface area (Å²) < 4.78 is 12.5. The molecule has 0 saturated carbocycles. The zero-order valence-corrected chi connectivity index (χ0v) is 20.6. The molecule has 0 radical (unpaired) electrons. The lowest BCUT2D eigenvalue weighted by molar-refractivity contribution is 0.0952. The lowest BCUT2D eigenvalue weighted by Crippen LogP contribution is -2.17. The molecule has 1 amide bonds. The average Bonchev–Trinajstić information content (AvgIpc) is 2.75. The number of ether oxygens (including phenoxy) is 2. The Kier molecular flexibility index (Phi) is 8.60. The first-order valence-electron chi connectivity index (χ1n) is 9.53. The maximum atomic E-state index is 12.2. The molecule has 0 bridgehead atoms. The van der Waals surface area contributed by atoms with Crippen molar-refractivity contribution in [3.63, 3.8) is 0 Å². The van der Waals surface area contributed by atoms with Crippen LogP contribution in [0.5, 0.6) is 17.2 Å². The fourth-order valence-corrected chi connectivity index (χ4v) is 3.99. The second-order valence-corrected chi connectivity index (χ2v) is 8.51. The number of carbonyl (C=O) groups excluding carboxylic acids is 1. The third kappa shape index (κ3) is 6.27. The van der Waals surface area contributed by atoms with E-state index >= 15 is 0 Å². The van der Waals surface area contributed by atoms with Crippen molar-refractivity contribution in [1.82, 2.24) is 5.43 Å². The van der Waals surface area contributed by atoms with Gasteiger partial charge in [0.2, 0.25) is 0 Å². The van der Waals surface area contributed by atoms with Gasteiger partial charge in [0.1, 0.15) is 12.4 Å². The number of hydrogen-bond donors (Lipinski definition) is 2. The molecule has 3 aromatic rings. The van der Waals surface area contributed by atoms with Crippen molar-refractivity contribution in [1.29, 1.82) is 0 Å². The number of phenols is 1. The first kappa shape index (κ1) is 24.2. The summed E-state index contributed by atoms with van der Waals surface area (Å²) in [5.74, 6) is 0.487. The van der Waals surface area contributed by atoms with Gasteiger partial charge < -0.3 is 14.6 Å². The molecule has 0 spiro atoms. The average molecular weight is 585 g/mol. The minimum absolute atomic E-state index is 0.115. The number of phenolic OH excluding ortho intramolecular Hbond substituents is 1. The van der Waals surface area contributed by atoms with Crippen LogP contribution in [0.4, 0.5) is 0 Å². The van der Waals surface area contributed by atoms with Crippen LogP contribution in [0.3, 0.4) is 0 Å². The number of hydrazone groups is 1. The van der Waals surface area contributed by atoms with E-state index in [1.807, 2.05) is 19.1 Å². The highest BCUT2D eigenvalue weighted by Gasteiger charge is 2.14. The van der Waals surface area contributed by atoms with E-state index in [-0.39, 0.29) is 17.9 Å². The number of hydrogen-bond acceptors (Lipinski definition) is 5. The van der Waals surface area contributed by atoms with Gasteiger partial charge in [0, 0.05) is 15.6 Å². The number of benzene rings is 3. The Morgan fingerprint density at radius 2 is 1.94 bits per heavy atom. The quantitative estimate of drug-likeness (QED) is 0.192. The van der Waals surface area contributed by atoms with E-state index in [4.69, 9.17) is 32.7 Å². The first-order valence-corrected chi connectivity index (χ1v) is 11.4. The van der Waals surface area contributed by atoms with Crippen molar-refractivity contribution in [3.8, 4) is 17.2 Å². The summed E-state index contributed by atoms with van der Waals surface area (Å²) >= 11 is 14.3. The molecule has 3 rings (SSSR count). The van der Waals surface area contributed by atoms with Gasteiger partial charge in [-0.1, -0.05) is 41.4 Å². The number of carbonyl (C=O) groups is 1. The molecule has 166 valence electrons. The molecule has 0 unspecified atom stereocenters. The number of halogens is 3. The zero-order chi connectivity index (χ0) is 23.1. The summed E-state index contributed by atoms with van der Waals surface area (Å²) in [7, 11) is 0. The normalized spacial score (nSPS) is 10.9. The van der Waals surface area contributed by atoms with Gasteiger partial charge in [0.05, 0.1) is 22.0 Å². The van der Waals surface area contributed by atoms with E-state index in [1.54, 1.807) is 30.3 Å². The van der Waals surface area contributed by atoms with Crippen LogP contribution in [0.15, 0.2) is 59.7 Å². The summed E-state index contributed by atoms with van der Waals surface area (Å²) in [4.78, 5) is 12.2. The number of nitrogens with zero attached hydrogens (tertiary/aromatic N) is 1. The monoisotopic (exact) mass is 584 g/mol. The van der Waals surface area contributed by atoms with Crippen LogP contribution < -0.4 is 14.9 Å². The number of nitrogens with one attached hydrogen (secondary N) is 1. The number of para-hydroxylation sites is 1. The second-order valence-electron chi connectivity index (χ2n) is 6.50. The Bertz CT molecular complexity index is 1150. The fraction of sp³-hybridized carbons (Fsp3) is 0.130.